The molecular weight excluding hydrogens is 828 g/mol. The lowest BCUT2D eigenvalue weighted by atomic mass is 9.44. The van der Waals surface area contributed by atoms with Gasteiger partial charge in [0.1, 0.15) is 67.1 Å². The minimum Gasteiger partial charge on any atom is -0.394 e. The molecule has 5 heterocycles. The molecule has 28 atom stereocenters. The molecule has 9 fully saturated rings. The Hall–Kier alpha value is -0.720. The Labute approximate surface area is 369 Å². The summed E-state index contributed by atoms with van der Waals surface area (Å²) in [5, 5.41) is 107. The number of aliphatic hydroxyl groups excluding tert-OH is 10. The highest BCUT2D eigenvalue weighted by molar-refractivity contribution is 5.16. The van der Waals surface area contributed by atoms with Crippen molar-refractivity contribution in [2.24, 2.45) is 52.3 Å². The molecule has 18 nitrogen and oxygen atoms in total. The first-order valence-electron chi connectivity index (χ1n) is 23.8. The predicted molar refractivity (Wildman–Crippen MR) is 216 cm³/mol. The van der Waals surface area contributed by atoms with Gasteiger partial charge in [-0.3, -0.25) is 0 Å². The summed E-state index contributed by atoms with van der Waals surface area (Å²) in [6, 6.07) is 0. The molecule has 10 N–H and O–H groups in total. The van der Waals surface area contributed by atoms with E-state index in [9.17, 15) is 51.1 Å². The van der Waals surface area contributed by atoms with E-state index in [-0.39, 0.29) is 34.9 Å². The normalized spacial score (nSPS) is 59.4. The van der Waals surface area contributed by atoms with Crippen molar-refractivity contribution in [1.82, 2.24) is 0 Å². The molecular formula is C45H74O18. The Balaban J connectivity index is 0.898. The molecule has 0 aromatic carbocycles. The fourth-order valence-corrected chi connectivity index (χ4v) is 14.6. The van der Waals surface area contributed by atoms with Gasteiger partial charge in [0.05, 0.1) is 44.2 Å². The lowest BCUT2D eigenvalue weighted by Gasteiger charge is -2.61. The summed E-state index contributed by atoms with van der Waals surface area (Å²) in [5.41, 5.74) is 0.190. The van der Waals surface area contributed by atoms with Crippen LogP contribution in [0, 0.1) is 52.3 Å². The summed E-state index contributed by atoms with van der Waals surface area (Å²) in [5.74, 6) is 1.92. The molecule has 1 spiro atoms. The monoisotopic (exact) mass is 902 g/mol. The largest absolute Gasteiger partial charge is 0.394 e. The maximum absolute atomic E-state index is 12.0. The van der Waals surface area contributed by atoms with E-state index in [4.69, 9.17) is 37.9 Å². The zero-order valence-corrected chi connectivity index (χ0v) is 37.2. The highest BCUT2D eigenvalue weighted by atomic mass is 16.8. The summed E-state index contributed by atoms with van der Waals surface area (Å²) in [6.07, 6.45) is -15.3. The number of fused-ring (bicyclic) bond motifs is 7. The van der Waals surface area contributed by atoms with Crippen molar-refractivity contribution in [1.29, 1.82) is 0 Å². The quantitative estimate of drug-likeness (QED) is 0.134. The van der Waals surface area contributed by atoms with Crippen LogP contribution in [0.15, 0.2) is 0 Å². The van der Waals surface area contributed by atoms with E-state index >= 15 is 0 Å². The Morgan fingerprint density at radius 3 is 1.95 bits per heavy atom. The molecule has 0 unspecified atom stereocenters. The van der Waals surface area contributed by atoms with E-state index < -0.39 is 117 Å². The number of hydrogen-bond donors (Lipinski definition) is 10. The highest BCUT2D eigenvalue weighted by Crippen LogP contribution is 2.71. The smallest absolute Gasteiger partial charge is 0.187 e. The van der Waals surface area contributed by atoms with Crippen LogP contribution in [-0.2, 0) is 37.9 Å². The zero-order valence-electron chi connectivity index (χ0n) is 37.2. The van der Waals surface area contributed by atoms with Gasteiger partial charge in [-0.2, -0.15) is 0 Å². The fourth-order valence-electron chi connectivity index (χ4n) is 14.6. The standard InChI is InChI=1S/C45H74O18/c1-18-17-56-45(14-26(18)48)19(2)30-27(63-45)13-25-23-7-6-21-12-22(8-10-43(21,4)24(23)9-11-44(25,30)5)58-42-39(62-40-35(53)33(51)31(49)20(3)57-40)37(55)38(29(16-47)60-42)61-41-36(54)34(52)32(50)28(15-46)59-41/h18-42,46-55H,6-17H2,1-5H3/t18-,19-,20-,21-,22-,23+,24-,25-,26-,27-,28+,29+,30-,31-,32+,33+,34-,35+,36+,37-,38-,39+,40-,41-,42+,43-,44-,45+/m0/s1. The van der Waals surface area contributed by atoms with Gasteiger partial charge in [-0.05, 0) is 98.7 Å². The van der Waals surface area contributed by atoms with E-state index in [0.717, 1.165) is 44.9 Å². The molecule has 9 aliphatic rings. The SMILES string of the molecule is C[C@@H]1O[C@@H](O[C@H]2[C@H](O[C@H]3CC[C@@]4(C)[C@@H](CC[C@@H]5[C@@H]4CC[C@]4(C)[C@@H]6[C@H](C[C@@H]54)O[C@]4(C[C@H](O)[C@@H](C)CO4)[C@H]6C)C3)O[C@H](CO)[C@H](O[C@@H]3O[C@H](CO)[C@@H](O)[C@H](O)[C@H]3O)[C@@H]2O)[C@H](O)[C@H](O)[C@H]1O. The average Bonchev–Trinajstić information content (AvgIpc) is 3.70. The second-order valence-corrected chi connectivity index (χ2v) is 21.6. The van der Waals surface area contributed by atoms with E-state index in [1.165, 1.54) is 6.92 Å². The van der Waals surface area contributed by atoms with Gasteiger partial charge in [-0.1, -0.05) is 27.7 Å². The van der Waals surface area contributed by atoms with Crippen molar-refractivity contribution in [3.05, 3.63) is 0 Å². The predicted octanol–water partition coefficient (Wildman–Crippen LogP) is -0.735. The van der Waals surface area contributed by atoms with E-state index in [1.54, 1.807) is 0 Å². The van der Waals surface area contributed by atoms with Crippen molar-refractivity contribution in [3.63, 3.8) is 0 Å². The number of aliphatic hydroxyl groups is 10. The third kappa shape index (κ3) is 7.79. The maximum Gasteiger partial charge on any atom is 0.187 e. The second-order valence-electron chi connectivity index (χ2n) is 21.6. The topological polar surface area (TPSA) is 276 Å². The third-order valence-electron chi connectivity index (χ3n) is 18.4. The van der Waals surface area contributed by atoms with Crippen LogP contribution in [-0.4, -0.2) is 187 Å². The molecule has 9 rings (SSSR count). The number of ether oxygens (including phenoxy) is 8. The maximum atomic E-state index is 12.0. The van der Waals surface area contributed by atoms with Gasteiger partial charge >= 0.3 is 0 Å². The first-order valence-corrected chi connectivity index (χ1v) is 23.8. The van der Waals surface area contributed by atoms with E-state index in [0.29, 0.717) is 49.0 Å². The molecule has 0 aromatic rings. The third-order valence-corrected chi connectivity index (χ3v) is 18.4. The summed E-state index contributed by atoms with van der Waals surface area (Å²) < 4.78 is 49.8. The Kier molecular flexibility index (Phi) is 13.3. The molecule has 4 saturated carbocycles. The van der Waals surface area contributed by atoms with Crippen LogP contribution in [0.1, 0.15) is 92.4 Å². The minimum atomic E-state index is -1.82. The molecule has 5 saturated heterocycles. The Morgan fingerprint density at radius 1 is 0.603 bits per heavy atom. The first-order chi connectivity index (χ1) is 29.8. The van der Waals surface area contributed by atoms with Crippen LogP contribution in [0.3, 0.4) is 0 Å². The van der Waals surface area contributed by atoms with E-state index in [1.807, 2.05) is 6.92 Å². The van der Waals surface area contributed by atoms with Crippen molar-refractivity contribution in [2.75, 3.05) is 19.8 Å². The first kappa shape index (κ1) is 47.4. The van der Waals surface area contributed by atoms with Gasteiger partial charge in [-0.25, -0.2) is 0 Å². The molecule has 362 valence electrons. The van der Waals surface area contributed by atoms with Crippen LogP contribution in [0.4, 0.5) is 0 Å². The molecule has 0 aromatic heterocycles. The van der Waals surface area contributed by atoms with Gasteiger partial charge < -0.3 is 89.0 Å². The summed E-state index contributed by atoms with van der Waals surface area (Å²) in [7, 11) is 0. The van der Waals surface area contributed by atoms with Gasteiger partial charge in [-0.15, -0.1) is 0 Å². The van der Waals surface area contributed by atoms with Crippen molar-refractivity contribution >= 4 is 0 Å². The lowest BCUT2D eigenvalue weighted by Crippen LogP contribution is -2.67. The van der Waals surface area contributed by atoms with Gasteiger partial charge in [0.15, 0.2) is 24.7 Å². The summed E-state index contributed by atoms with van der Waals surface area (Å²) in [4.78, 5) is 0. The van der Waals surface area contributed by atoms with Crippen molar-refractivity contribution < 1.29 is 89.0 Å². The van der Waals surface area contributed by atoms with E-state index in [2.05, 4.69) is 20.8 Å². The van der Waals surface area contributed by atoms with Gasteiger partial charge in [0, 0.05) is 18.3 Å². The van der Waals surface area contributed by atoms with Crippen LogP contribution in [0.2, 0.25) is 0 Å². The molecule has 18 heteroatoms. The molecule has 0 radical (unpaired) electrons. The molecule has 0 bridgehead atoms. The lowest BCUT2D eigenvalue weighted by molar-refractivity contribution is -0.390. The van der Waals surface area contributed by atoms with Crippen LogP contribution < -0.4 is 0 Å². The van der Waals surface area contributed by atoms with Gasteiger partial charge in [0.25, 0.3) is 0 Å². The van der Waals surface area contributed by atoms with Crippen LogP contribution in [0.5, 0.6) is 0 Å². The number of hydrogen-bond acceptors (Lipinski definition) is 18. The summed E-state index contributed by atoms with van der Waals surface area (Å²) in [6.45, 7) is 9.86. The zero-order chi connectivity index (χ0) is 45.1. The minimum absolute atomic E-state index is 0.0657. The Bertz CT molecular complexity index is 1590. The molecule has 0 amide bonds. The molecule has 5 aliphatic heterocycles. The summed E-state index contributed by atoms with van der Waals surface area (Å²) >= 11 is 0. The average molecular weight is 903 g/mol. The Morgan fingerprint density at radius 2 is 1.25 bits per heavy atom. The fraction of sp³-hybridized carbons (Fsp3) is 1.00. The van der Waals surface area contributed by atoms with Crippen LogP contribution >= 0.6 is 0 Å². The highest BCUT2D eigenvalue weighted by Gasteiger charge is 2.70. The second kappa shape index (κ2) is 17.7. The van der Waals surface area contributed by atoms with Crippen LogP contribution in [0.25, 0.3) is 0 Å². The number of rotatable bonds is 8. The molecule has 4 aliphatic carbocycles. The van der Waals surface area contributed by atoms with Gasteiger partial charge in [0.2, 0.25) is 0 Å². The van der Waals surface area contributed by atoms with Crippen molar-refractivity contribution in [2.45, 2.75) is 209 Å². The molecule has 63 heavy (non-hydrogen) atoms. The van der Waals surface area contributed by atoms with Crippen molar-refractivity contribution in [3.8, 4) is 0 Å².